The van der Waals surface area contributed by atoms with Crippen molar-refractivity contribution in [2.75, 3.05) is 0 Å². The zero-order valence-electron chi connectivity index (χ0n) is 6.94. The Labute approximate surface area is 93.0 Å². The first kappa shape index (κ1) is 10.9. The summed E-state index contributed by atoms with van der Waals surface area (Å²) in [5.41, 5.74) is 0.383. The first-order chi connectivity index (χ1) is 6.50. The average Bonchev–Trinajstić information content (AvgIpc) is 2.07. The van der Waals surface area contributed by atoms with Gasteiger partial charge < -0.3 is 5.11 Å². The van der Waals surface area contributed by atoms with Gasteiger partial charge in [-0.05, 0) is 34.2 Å². The van der Waals surface area contributed by atoms with Crippen molar-refractivity contribution in [3.63, 3.8) is 0 Å². The van der Waals surface area contributed by atoms with Gasteiger partial charge in [-0.3, -0.25) is 14.9 Å². The van der Waals surface area contributed by atoms with Crippen molar-refractivity contribution in [2.45, 2.75) is 6.42 Å². The second kappa shape index (κ2) is 4.36. The van der Waals surface area contributed by atoms with E-state index in [9.17, 15) is 14.9 Å². The molecule has 1 aromatic carbocycles. The molecule has 0 fully saturated rings. The predicted molar refractivity (Wildman–Crippen MR) is 57.2 cm³/mol. The van der Waals surface area contributed by atoms with E-state index in [0.717, 1.165) is 0 Å². The number of nitro benzene ring substituents is 1. The van der Waals surface area contributed by atoms with Crippen molar-refractivity contribution < 1.29 is 14.8 Å². The van der Waals surface area contributed by atoms with Crippen molar-refractivity contribution in [1.29, 1.82) is 0 Å². The minimum atomic E-state index is -1.000. The van der Waals surface area contributed by atoms with Crippen LogP contribution >= 0.6 is 22.6 Å². The monoisotopic (exact) mass is 307 g/mol. The largest absolute Gasteiger partial charge is 0.481 e. The van der Waals surface area contributed by atoms with Crippen LogP contribution in [-0.2, 0) is 11.2 Å². The fraction of sp³-hybridized carbons (Fsp3) is 0.125. The van der Waals surface area contributed by atoms with E-state index in [4.69, 9.17) is 5.11 Å². The zero-order chi connectivity index (χ0) is 10.7. The van der Waals surface area contributed by atoms with Crippen molar-refractivity contribution >= 4 is 34.2 Å². The third-order valence-corrected chi connectivity index (χ3v) is 2.47. The average molecular weight is 307 g/mol. The fourth-order valence-corrected chi connectivity index (χ4v) is 1.52. The third-order valence-electron chi connectivity index (χ3n) is 1.56. The summed E-state index contributed by atoms with van der Waals surface area (Å²) >= 11 is 1.84. The zero-order valence-corrected chi connectivity index (χ0v) is 9.09. The van der Waals surface area contributed by atoms with Crippen LogP contribution in [0.2, 0.25) is 0 Å². The molecule has 0 aromatic heterocycles. The van der Waals surface area contributed by atoms with E-state index < -0.39 is 10.9 Å². The summed E-state index contributed by atoms with van der Waals surface area (Å²) in [6.45, 7) is 0. The van der Waals surface area contributed by atoms with E-state index in [1.807, 2.05) is 22.6 Å². The molecule has 0 aliphatic carbocycles. The van der Waals surface area contributed by atoms with E-state index >= 15 is 0 Å². The maximum atomic E-state index is 10.5. The molecule has 1 N–H and O–H groups in total. The number of nitrogens with zero attached hydrogens (tertiary/aromatic N) is 1. The smallest absolute Gasteiger partial charge is 0.307 e. The number of carbonyl (C=O) groups is 1. The Morgan fingerprint density at radius 1 is 1.57 bits per heavy atom. The first-order valence-electron chi connectivity index (χ1n) is 3.65. The summed E-state index contributed by atoms with van der Waals surface area (Å²) in [7, 11) is 0. The number of aliphatic carboxylic acids is 1. The number of rotatable bonds is 3. The number of benzene rings is 1. The number of carboxylic acids is 1. The lowest BCUT2D eigenvalue weighted by atomic mass is 10.1. The van der Waals surface area contributed by atoms with Crippen LogP contribution in [0.3, 0.4) is 0 Å². The van der Waals surface area contributed by atoms with Gasteiger partial charge in [0.2, 0.25) is 0 Å². The SMILES string of the molecule is O=C(O)Cc1ccc(I)c([N+](=O)[O-])c1. The minimum Gasteiger partial charge on any atom is -0.481 e. The maximum Gasteiger partial charge on any atom is 0.307 e. The summed E-state index contributed by atoms with van der Waals surface area (Å²) in [5, 5.41) is 19.0. The molecule has 0 unspecified atom stereocenters. The molecule has 5 nitrogen and oxygen atoms in total. The van der Waals surface area contributed by atoms with Gasteiger partial charge in [0.25, 0.3) is 5.69 Å². The summed E-state index contributed by atoms with van der Waals surface area (Å²) in [6, 6.07) is 4.40. The molecule has 14 heavy (non-hydrogen) atoms. The van der Waals surface area contributed by atoms with E-state index in [2.05, 4.69) is 0 Å². The molecule has 1 rings (SSSR count). The highest BCUT2D eigenvalue weighted by molar-refractivity contribution is 14.1. The molecule has 0 heterocycles. The van der Waals surface area contributed by atoms with Crippen molar-refractivity contribution in [3.05, 3.63) is 37.4 Å². The van der Waals surface area contributed by atoms with Gasteiger partial charge in [0.15, 0.2) is 0 Å². The van der Waals surface area contributed by atoms with Crippen molar-refractivity contribution in [2.24, 2.45) is 0 Å². The molecule has 6 heteroatoms. The lowest BCUT2D eigenvalue weighted by Crippen LogP contribution is -2.01. The Hall–Kier alpha value is -1.18. The quantitative estimate of drug-likeness (QED) is 0.525. The molecule has 1 aromatic rings. The lowest BCUT2D eigenvalue weighted by molar-refractivity contribution is -0.385. The van der Waals surface area contributed by atoms with E-state index in [1.165, 1.54) is 12.1 Å². The number of carboxylic acid groups (broad SMARTS) is 1. The van der Waals surface area contributed by atoms with Gasteiger partial charge in [0.05, 0.1) is 14.9 Å². The van der Waals surface area contributed by atoms with Gasteiger partial charge in [-0.25, -0.2) is 0 Å². The summed E-state index contributed by atoms with van der Waals surface area (Å²) < 4.78 is 0.502. The lowest BCUT2D eigenvalue weighted by Gasteiger charge is -1.98. The third kappa shape index (κ3) is 2.66. The molecule has 0 spiro atoms. The topological polar surface area (TPSA) is 80.4 Å². The molecule has 0 bridgehead atoms. The number of halogens is 1. The van der Waals surface area contributed by atoms with Gasteiger partial charge in [0.1, 0.15) is 0 Å². The molecular formula is C8H6INO4. The molecule has 74 valence electrons. The van der Waals surface area contributed by atoms with Gasteiger partial charge in [-0.1, -0.05) is 6.07 Å². The standard InChI is InChI=1S/C8H6INO4/c9-6-2-1-5(4-8(11)12)3-7(6)10(13)14/h1-3H,4H2,(H,11,12). The minimum absolute atomic E-state index is 0.0515. The molecule has 0 atom stereocenters. The van der Waals surface area contributed by atoms with Crippen LogP contribution < -0.4 is 0 Å². The van der Waals surface area contributed by atoms with Crippen LogP contribution in [0, 0.1) is 13.7 Å². The Morgan fingerprint density at radius 2 is 2.21 bits per heavy atom. The number of hydrogen-bond acceptors (Lipinski definition) is 3. The van der Waals surface area contributed by atoms with Crippen LogP contribution in [0.5, 0.6) is 0 Å². The Morgan fingerprint density at radius 3 is 2.71 bits per heavy atom. The first-order valence-corrected chi connectivity index (χ1v) is 4.73. The maximum absolute atomic E-state index is 10.5. The second-order valence-corrected chi connectivity index (χ2v) is 3.78. The Kier molecular flexibility index (Phi) is 3.39. The van der Waals surface area contributed by atoms with E-state index in [1.54, 1.807) is 6.07 Å². The molecule has 0 radical (unpaired) electrons. The van der Waals surface area contributed by atoms with Gasteiger partial charge in [-0.15, -0.1) is 0 Å². The summed E-state index contributed by atoms with van der Waals surface area (Å²) in [4.78, 5) is 20.4. The van der Waals surface area contributed by atoms with Crippen LogP contribution in [0.4, 0.5) is 5.69 Å². The molecule has 0 saturated heterocycles. The number of hydrogen-bond donors (Lipinski definition) is 1. The van der Waals surface area contributed by atoms with Gasteiger partial charge in [0, 0.05) is 6.07 Å². The molecule has 0 saturated carbocycles. The predicted octanol–water partition coefficient (Wildman–Crippen LogP) is 1.83. The molecule has 0 aliphatic heterocycles. The second-order valence-electron chi connectivity index (χ2n) is 2.61. The normalized spacial score (nSPS) is 9.79. The van der Waals surface area contributed by atoms with Crippen molar-refractivity contribution in [1.82, 2.24) is 0 Å². The molecule has 0 amide bonds. The van der Waals surface area contributed by atoms with Gasteiger partial charge >= 0.3 is 5.97 Å². The highest BCUT2D eigenvalue weighted by atomic mass is 127. The van der Waals surface area contributed by atoms with Gasteiger partial charge in [-0.2, -0.15) is 0 Å². The fourth-order valence-electron chi connectivity index (χ4n) is 0.983. The molecular weight excluding hydrogens is 301 g/mol. The summed E-state index contributed by atoms with van der Waals surface area (Å²) in [6.07, 6.45) is -0.197. The van der Waals surface area contributed by atoms with E-state index in [-0.39, 0.29) is 12.1 Å². The van der Waals surface area contributed by atoms with E-state index in [0.29, 0.717) is 9.13 Å². The highest BCUT2D eigenvalue weighted by Gasteiger charge is 2.13. The van der Waals surface area contributed by atoms with Crippen LogP contribution in [0.15, 0.2) is 18.2 Å². The molecule has 0 aliphatic rings. The highest BCUT2D eigenvalue weighted by Crippen LogP contribution is 2.22. The Bertz CT molecular complexity index is 391. The summed E-state index contributed by atoms with van der Waals surface area (Å²) in [5.74, 6) is -1.000. The number of nitro groups is 1. The van der Waals surface area contributed by atoms with Crippen LogP contribution in [-0.4, -0.2) is 16.0 Å². The van der Waals surface area contributed by atoms with Crippen LogP contribution in [0.25, 0.3) is 0 Å². The van der Waals surface area contributed by atoms with Crippen LogP contribution in [0.1, 0.15) is 5.56 Å². The van der Waals surface area contributed by atoms with Crippen molar-refractivity contribution in [3.8, 4) is 0 Å². The Balaban J connectivity index is 3.06.